The van der Waals surface area contributed by atoms with Gasteiger partial charge >= 0.3 is 0 Å². The van der Waals surface area contributed by atoms with E-state index in [2.05, 4.69) is 27.1 Å². The SMILES string of the molecule is Cc1ccc(Nc2cc(N3CCN(S(=O)(=O)c4ccc(C)c(C)c4)CC3)nc(C)n2)cc1. The highest BCUT2D eigenvalue weighted by Crippen LogP contribution is 2.24. The molecule has 1 N–H and O–H groups in total. The van der Waals surface area contributed by atoms with Crippen molar-refractivity contribution in [1.29, 1.82) is 0 Å². The van der Waals surface area contributed by atoms with Gasteiger partial charge in [-0.3, -0.25) is 0 Å². The van der Waals surface area contributed by atoms with Gasteiger partial charge in [-0.2, -0.15) is 4.31 Å². The van der Waals surface area contributed by atoms with E-state index in [4.69, 9.17) is 0 Å². The molecule has 1 aromatic heterocycles. The van der Waals surface area contributed by atoms with Gasteiger partial charge in [0.15, 0.2) is 0 Å². The van der Waals surface area contributed by atoms with E-state index in [1.165, 1.54) is 5.56 Å². The van der Waals surface area contributed by atoms with Crippen LogP contribution in [0.1, 0.15) is 22.5 Å². The molecule has 0 amide bonds. The van der Waals surface area contributed by atoms with Crippen molar-refractivity contribution < 1.29 is 8.42 Å². The molecule has 7 nitrogen and oxygen atoms in total. The van der Waals surface area contributed by atoms with E-state index >= 15 is 0 Å². The quantitative estimate of drug-likeness (QED) is 0.633. The summed E-state index contributed by atoms with van der Waals surface area (Å²) >= 11 is 0. The van der Waals surface area contributed by atoms with E-state index in [0.717, 1.165) is 28.5 Å². The van der Waals surface area contributed by atoms with E-state index in [9.17, 15) is 8.42 Å². The van der Waals surface area contributed by atoms with Crippen LogP contribution in [0.15, 0.2) is 53.4 Å². The fraction of sp³-hybridized carbons (Fsp3) is 0.333. The van der Waals surface area contributed by atoms with Crippen molar-refractivity contribution in [3.63, 3.8) is 0 Å². The Kier molecular flexibility index (Phi) is 6.17. The summed E-state index contributed by atoms with van der Waals surface area (Å²) in [6.07, 6.45) is 0. The van der Waals surface area contributed by atoms with Crippen molar-refractivity contribution in [2.24, 2.45) is 0 Å². The van der Waals surface area contributed by atoms with E-state index in [1.54, 1.807) is 16.4 Å². The summed E-state index contributed by atoms with van der Waals surface area (Å²) < 4.78 is 27.8. The second kappa shape index (κ2) is 8.88. The van der Waals surface area contributed by atoms with Crippen molar-refractivity contribution in [1.82, 2.24) is 14.3 Å². The van der Waals surface area contributed by atoms with Gasteiger partial charge < -0.3 is 10.2 Å². The second-order valence-electron chi connectivity index (χ2n) is 8.29. The summed E-state index contributed by atoms with van der Waals surface area (Å²) in [5.41, 5.74) is 4.23. The predicted molar refractivity (Wildman–Crippen MR) is 128 cm³/mol. The number of anilines is 3. The van der Waals surface area contributed by atoms with Gasteiger partial charge in [0.1, 0.15) is 17.5 Å². The van der Waals surface area contributed by atoms with E-state index in [1.807, 2.05) is 57.2 Å². The minimum Gasteiger partial charge on any atom is -0.354 e. The van der Waals surface area contributed by atoms with Crippen LogP contribution in [-0.4, -0.2) is 48.9 Å². The Morgan fingerprint density at radius 1 is 0.812 bits per heavy atom. The molecule has 1 aliphatic heterocycles. The Morgan fingerprint density at radius 3 is 2.16 bits per heavy atom. The third-order valence-electron chi connectivity index (χ3n) is 5.83. The number of aryl methyl sites for hydroxylation is 4. The summed E-state index contributed by atoms with van der Waals surface area (Å²) in [5, 5.41) is 3.33. The van der Waals surface area contributed by atoms with Gasteiger partial charge in [0.05, 0.1) is 4.90 Å². The summed E-state index contributed by atoms with van der Waals surface area (Å²) in [7, 11) is -3.51. The van der Waals surface area contributed by atoms with Crippen LogP contribution >= 0.6 is 0 Å². The molecule has 0 spiro atoms. The first-order valence-corrected chi connectivity index (χ1v) is 12.2. The molecule has 0 saturated carbocycles. The number of rotatable bonds is 5. The highest BCUT2D eigenvalue weighted by molar-refractivity contribution is 7.89. The third-order valence-corrected chi connectivity index (χ3v) is 7.72. The molecule has 2 aromatic carbocycles. The Labute approximate surface area is 190 Å². The molecular weight excluding hydrogens is 422 g/mol. The highest BCUT2D eigenvalue weighted by atomic mass is 32.2. The average molecular weight is 452 g/mol. The van der Waals surface area contributed by atoms with E-state index in [-0.39, 0.29) is 0 Å². The molecule has 0 atom stereocenters. The molecule has 168 valence electrons. The van der Waals surface area contributed by atoms with Crippen LogP contribution in [0.3, 0.4) is 0 Å². The fourth-order valence-electron chi connectivity index (χ4n) is 3.74. The Bertz CT molecular complexity index is 1220. The lowest BCUT2D eigenvalue weighted by molar-refractivity contribution is 0.383. The molecule has 2 heterocycles. The lowest BCUT2D eigenvalue weighted by atomic mass is 10.1. The number of aromatic nitrogens is 2. The van der Waals surface area contributed by atoms with Crippen LogP contribution in [0.5, 0.6) is 0 Å². The maximum atomic E-state index is 13.1. The van der Waals surface area contributed by atoms with Crippen LogP contribution < -0.4 is 10.2 Å². The molecule has 4 rings (SSSR count). The zero-order chi connectivity index (χ0) is 22.9. The molecule has 0 unspecified atom stereocenters. The number of nitrogens with zero attached hydrogens (tertiary/aromatic N) is 4. The van der Waals surface area contributed by atoms with Crippen LogP contribution in [-0.2, 0) is 10.0 Å². The molecule has 1 fully saturated rings. The van der Waals surface area contributed by atoms with Gasteiger partial charge in [-0.25, -0.2) is 18.4 Å². The molecule has 0 radical (unpaired) electrons. The number of hydrogen-bond donors (Lipinski definition) is 1. The smallest absolute Gasteiger partial charge is 0.243 e. The lowest BCUT2D eigenvalue weighted by Crippen LogP contribution is -2.49. The molecule has 1 saturated heterocycles. The monoisotopic (exact) mass is 451 g/mol. The zero-order valence-corrected chi connectivity index (χ0v) is 19.8. The Hall–Kier alpha value is -2.97. The van der Waals surface area contributed by atoms with Crippen LogP contribution in [0.25, 0.3) is 0 Å². The number of piperazine rings is 1. The summed E-state index contributed by atoms with van der Waals surface area (Å²) in [6.45, 7) is 9.82. The van der Waals surface area contributed by atoms with Crippen molar-refractivity contribution in [3.8, 4) is 0 Å². The molecule has 1 aliphatic rings. The maximum Gasteiger partial charge on any atom is 0.243 e. The van der Waals surface area contributed by atoms with E-state index < -0.39 is 10.0 Å². The van der Waals surface area contributed by atoms with Gasteiger partial charge in [0.2, 0.25) is 10.0 Å². The lowest BCUT2D eigenvalue weighted by Gasteiger charge is -2.35. The van der Waals surface area contributed by atoms with Gasteiger partial charge in [-0.05, 0) is 63.1 Å². The standard InChI is InChI=1S/C24H29N5O2S/c1-17-5-8-21(9-6-17)27-23-16-24(26-20(4)25-23)28-11-13-29(14-12-28)32(30,31)22-10-7-18(2)19(3)15-22/h5-10,15-16H,11-14H2,1-4H3,(H,25,26,27). The molecule has 0 bridgehead atoms. The first-order chi connectivity index (χ1) is 15.2. The first kappa shape index (κ1) is 22.2. The van der Waals surface area contributed by atoms with Gasteiger partial charge in [0.25, 0.3) is 0 Å². The zero-order valence-electron chi connectivity index (χ0n) is 19.0. The molecule has 0 aliphatic carbocycles. The maximum absolute atomic E-state index is 13.1. The second-order valence-corrected chi connectivity index (χ2v) is 10.2. The van der Waals surface area contributed by atoms with Gasteiger partial charge in [-0.15, -0.1) is 0 Å². The normalized spacial score (nSPS) is 15.1. The van der Waals surface area contributed by atoms with Crippen molar-refractivity contribution in [3.05, 3.63) is 71.0 Å². The summed E-state index contributed by atoms with van der Waals surface area (Å²) in [5.74, 6) is 2.19. The number of nitrogens with one attached hydrogen (secondary N) is 1. The van der Waals surface area contributed by atoms with Crippen molar-refractivity contribution in [2.75, 3.05) is 36.4 Å². The number of benzene rings is 2. The fourth-order valence-corrected chi connectivity index (χ4v) is 5.25. The highest BCUT2D eigenvalue weighted by Gasteiger charge is 2.29. The first-order valence-electron chi connectivity index (χ1n) is 10.7. The minimum absolute atomic E-state index is 0.358. The molecule has 32 heavy (non-hydrogen) atoms. The topological polar surface area (TPSA) is 78.4 Å². The molecular formula is C24H29N5O2S. The van der Waals surface area contributed by atoms with Crippen molar-refractivity contribution >= 4 is 27.3 Å². The summed E-state index contributed by atoms with van der Waals surface area (Å²) in [6, 6.07) is 15.4. The van der Waals surface area contributed by atoms with Crippen LogP contribution in [0.4, 0.5) is 17.3 Å². The van der Waals surface area contributed by atoms with Crippen LogP contribution in [0.2, 0.25) is 0 Å². The molecule has 8 heteroatoms. The number of sulfonamides is 1. The average Bonchev–Trinajstić information content (AvgIpc) is 2.77. The van der Waals surface area contributed by atoms with Gasteiger partial charge in [0, 0.05) is 37.9 Å². The Morgan fingerprint density at radius 2 is 1.50 bits per heavy atom. The largest absolute Gasteiger partial charge is 0.354 e. The Balaban J connectivity index is 1.47. The minimum atomic E-state index is -3.51. The molecule has 3 aromatic rings. The van der Waals surface area contributed by atoms with Gasteiger partial charge in [-0.1, -0.05) is 23.8 Å². The third kappa shape index (κ3) is 4.76. The van der Waals surface area contributed by atoms with Crippen LogP contribution in [0, 0.1) is 27.7 Å². The predicted octanol–water partition coefficient (Wildman–Crippen LogP) is 3.96. The van der Waals surface area contributed by atoms with E-state index in [0.29, 0.717) is 36.9 Å². The number of hydrogen-bond acceptors (Lipinski definition) is 6. The van der Waals surface area contributed by atoms with Crippen molar-refractivity contribution in [2.45, 2.75) is 32.6 Å². The summed E-state index contributed by atoms with van der Waals surface area (Å²) in [4.78, 5) is 11.6.